The summed E-state index contributed by atoms with van der Waals surface area (Å²) in [6.45, 7) is 6.88. The van der Waals surface area contributed by atoms with Crippen LogP contribution in [0.3, 0.4) is 0 Å². The van der Waals surface area contributed by atoms with Gasteiger partial charge in [0.05, 0.1) is 11.8 Å². The van der Waals surface area contributed by atoms with Crippen molar-refractivity contribution < 1.29 is 9.21 Å². The van der Waals surface area contributed by atoms with Crippen molar-refractivity contribution in [2.45, 2.75) is 40.0 Å². The number of carbonyl (C=O) groups excluding carboxylic acids is 1. The summed E-state index contributed by atoms with van der Waals surface area (Å²) in [6, 6.07) is 10.9. The monoisotopic (exact) mass is 483 g/mol. The van der Waals surface area contributed by atoms with Crippen LogP contribution in [0.5, 0.6) is 0 Å². The molecule has 1 atom stereocenters. The van der Waals surface area contributed by atoms with Crippen molar-refractivity contribution in [2.75, 3.05) is 24.3 Å². The number of carbonyl (C=O) groups is 1. The largest absolute Gasteiger partial charge is 0.440 e. The van der Waals surface area contributed by atoms with Gasteiger partial charge in [0, 0.05) is 35.7 Å². The molecule has 2 aromatic heterocycles. The van der Waals surface area contributed by atoms with E-state index in [-0.39, 0.29) is 11.3 Å². The molecule has 4 rings (SSSR count). The number of fused-ring (bicyclic) bond motifs is 1. The van der Waals surface area contributed by atoms with Gasteiger partial charge >= 0.3 is 0 Å². The van der Waals surface area contributed by atoms with E-state index in [0.717, 1.165) is 35.7 Å². The van der Waals surface area contributed by atoms with Gasteiger partial charge in [0.25, 0.3) is 5.91 Å². The van der Waals surface area contributed by atoms with Crippen LogP contribution in [0.2, 0.25) is 5.02 Å². The summed E-state index contributed by atoms with van der Waals surface area (Å²) < 4.78 is 5.81. The minimum atomic E-state index is -0.135. The van der Waals surface area contributed by atoms with E-state index in [0.29, 0.717) is 28.0 Å². The first-order valence-corrected chi connectivity index (χ1v) is 12.3. The summed E-state index contributed by atoms with van der Waals surface area (Å²) in [4.78, 5) is 21.3. The summed E-state index contributed by atoms with van der Waals surface area (Å²) in [5.74, 6) is 1.86. The second-order valence-corrected chi connectivity index (χ2v) is 11.3. The molecule has 1 amide bonds. The number of anilines is 2. The standard InChI is InChI=1S/C26H30ClN3O2S/c1-26(2,3)16-6-12-20-21(14-16)33-25(28-15-19-11-13-22(32-19)30(4)5)23(20)24(31)29-18-9-7-17(27)8-10-18/h7-11,13,15-16H,6,12,14H2,1-5H3,(H,29,31)/t16-/m0/s1. The topological polar surface area (TPSA) is 57.8 Å². The van der Waals surface area contributed by atoms with Gasteiger partial charge in [-0.2, -0.15) is 0 Å². The van der Waals surface area contributed by atoms with E-state index < -0.39 is 0 Å². The maximum atomic E-state index is 13.4. The molecule has 7 heteroatoms. The molecule has 174 valence electrons. The molecule has 1 N–H and O–H groups in total. The lowest BCUT2D eigenvalue weighted by Crippen LogP contribution is -2.27. The Balaban J connectivity index is 1.68. The number of hydrogen-bond acceptors (Lipinski definition) is 5. The first kappa shape index (κ1) is 23.6. The van der Waals surface area contributed by atoms with Crippen LogP contribution in [-0.4, -0.2) is 26.2 Å². The first-order chi connectivity index (χ1) is 15.6. The van der Waals surface area contributed by atoms with Gasteiger partial charge < -0.3 is 14.6 Å². The predicted molar refractivity (Wildman–Crippen MR) is 139 cm³/mol. The lowest BCUT2D eigenvalue weighted by molar-refractivity contribution is 0.102. The zero-order valence-electron chi connectivity index (χ0n) is 19.7. The van der Waals surface area contributed by atoms with E-state index in [1.165, 1.54) is 4.88 Å². The van der Waals surface area contributed by atoms with Crippen molar-refractivity contribution >= 4 is 51.6 Å². The second kappa shape index (κ2) is 9.35. The number of hydrogen-bond donors (Lipinski definition) is 1. The Morgan fingerprint density at radius 1 is 1.21 bits per heavy atom. The number of benzene rings is 1. The Labute approximate surface area is 204 Å². The molecule has 0 bridgehead atoms. The van der Waals surface area contributed by atoms with Gasteiger partial charge in [0.2, 0.25) is 0 Å². The minimum Gasteiger partial charge on any atom is -0.440 e. The summed E-state index contributed by atoms with van der Waals surface area (Å²) in [5.41, 5.74) is 2.75. The number of nitrogens with one attached hydrogen (secondary N) is 1. The average Bonchev–Trinajstić information content (AvgIpc) is 3.37. The molecule has 0 spiro atoms. The Kier molecular flexibility index (Phi) is 6.68. The number of thiophene rings is 1. The quantitative estimate of drug-likeness (QED) is 0.390. The van der Waals surface area contributed by atoms with Crippen LogP contribution in [0.25, 0.3) is 0 Å². The number of furan rings is 1. The van der Waals surface area contributed by atoms with E-state index in [1.807, 2.05) is 43.3 Å². The van der Waals surface area contributed by atoms with Crippen LogP contribution in [0.15, 0.2) is 45.8 Å². The third kappa shape index (κ3) is 5.33. The molecule has 3 aromatic rings. The molecule has 0 fully saturated rings. The molecule has 5 nitrogen and oxygen atoms in total. The zero-order chi connectivity index (χ0) is 23.8. The molecule has 33 heavy (non-hydrogen) atoms. The average molecular weight is 484 g/mol. The smallest absolute Gasteiger partial charge is 0.259 e. The highest BCUT2D eigenvalue weighted by atomic mass is 35.5. The summed E-state index contributed by atoms with van der Waals surface area (Å²) in [5, 5.41) is 4.39. The second-order valence-electron chi connectivity index (χ2n) is 9.78. The van der Waals surface area contributed by atoms with E-state index in [2.05, 4.69) is 26.1 Å². The number of amides is 1. The molecule has 0 unspecified atom stereocenters. The summed E-state index contributed by atoms with van der Waals surface area (Å²) >= 11 is 7.62. The highest BCUT2D eigenvalue weighted by molar-refractivity contribution is 7.16. The molecule has 1 aliphatic rings. The van der Waals surface area contributed by atoms with Gasteiger partial charge in [0.1, 0.15) is 10.8 Å². The number of rotatable bonds is 5. The van der Waals surface area contributed by atoms with Crippen LogP contribution in [0, 0.1) is 11.3 Å². The van der Waals surface area contributed by atoms with Crippen molar-refractivity contribution in [3.05, 3.63) is 63.2 Å². The normalized spacial score (nSPS) is 16.1. The van der Waals surface area contributed by atoms with Crippen molar-refractivity contribution in [2.24, 2.45) is 16.3 Å². The molecule has 0 aliphatic heterocycles. The molecule has 1 aromatic carbocycles. The molecule has 1 aliphatic carbocycles. The Morgan fingerprint density at radius 3 is 2.58 bits per heavy atom. The van der Waals surface area contributed by atoms with Crippen molar-refractivity contribution in [1.29, 1.82) is 0 Å². The Bertz CT molecular complexity index is 1170. The first-order valence-electron chi connectivity index (χ1n) is 11.1. The highest BCUT2D eigenvalue weighted by Crippen LogP contribution is 2.45. The van der Waals surface area contributed by atoms with Gasteiger partial charge in [-0.25, -0.2) is 4.99 Å². The third-order valence-electron chi connectivity index (χ3n) is 6.16. The highest BCUT2D eigenvalue weighted by Gasteiger charge is 2.33. The number of halogens is 1. The Hall–Kier alpha value is -2.57. The molecular formula is C26H30ClN3O2S. The van der Waals surface area contributed by atoms with E-state index in [1.54, 1.807) is 29.7 Å². The van der Waals surface area contributed by atoms with E-state index in [9.17, 15) is 4.79 Å². The van der Waals surface area contributed by atoms with Gasteiger partial charge in [-0.3, -0.25) is 4.79 Å². The molecule has 0 saturated heterocycles. The third-order valence-corrected chi connectivity index (χ3v) is 7.58. The predicted octanol–water partition coefficient (Wildman–Crippen LogP) is 7.21. The van der Waals surface area contributed by atoms with Gasteiger partial charge in [-0.05, 0) is 66.5 Å². The zero-order valence-corrected chi connectivity index (χ0v) is 21.3. The molecule has 0 saturated carbocycles. The molecule has 0 radical (unpaired) electrons. The lowest BCUT2D eigenvalue weighted by Gasteiger charge is -2.33. The summed E-state index contributed by atoms with van der Waals surface area (Å²) in [6.07, 6.45) is 4.64. The van der Waals surface area contributed by atoms with E-state index in [4.69, 9.17) is 21.0 Å². The van der Waals surface area contributed by atoms with E-state index >= 15 is 0 Å². The van der Waals surface area contributed by atoms with Gasteiger partial charge in [-0.15, -0.1) is 11.3 Å². The maximum Gasteiger partial charge on any atom is 0.259 e. The molecule has 2 heterocycles. The SMILES string of the molecule is CN(C)c1ccc(C=Nc2sc3c(c2C(=O)Nc2ccc(Cl)cc2)CC[C@H](C(C)(C)C)C3)o1. The van der Waals surface area contributed by atoms with Gasteiger partial charge in [0.15, 0.2) is 5.88 Å². The fraction of sp³-hybridized carbons (Fsp3) is 0.385. The van der Waals surface area contributed by atoms with Crippen LogP contribution < -0.4 is 10.2 Å². The molecular weight excluding hydrogens is 454 g/mol. The van der Waals surface area contributed by atoms with Crippen LogP contribution in [-0.2, 0) is 12.8 Å². The minimum absolute atomic E-state index is 0.135. The fourth-order valence-corrected chi connectivity index (χ4v) is 5.53. The van der Waals surface area contributed by atoms with Gasteiger partial charge in [-0.1, -0.05) is 32.4 Å². The van der Waals surface area contributed by atoms with Crippen molar-refractivity contribution in [1.82, 2.24) is 0 Å². The van der Waals surface area contributed by atoms with Crippen molar-refractivity contribution in [3.8, 4) is 0 Å². The lowest BCUT2D eigenvalue weighted by atomic mass is 9.72. The summed E-state index contributed by atoms with van der Waals surface area (Å²) in [7, 11) is 3.86. The van der Waals surface area contributed by atoms with Crippen LogP contribution >= 0.6 is 22.9 Å². The Morgan fingerprint density at radius 2 is 1.94 bits per heavy atom. The van der Waals surface area contributed by atoms with Crippen LogP contribution in [0.4, 0.5) is 16.6 Å². The maximum absolute atomic E-state index is 13.4. The fourth-order valence-electron chi connectivity index (χ4n) is 4.14. The van der Waals surface area contributed by atoms with Crippen molar-refractivity contribution in [3.63, 3.8) is 0 Å². The number of nitrogens with zero attached hydrogens (tertiary/aromatic N) is 2. The number of aliphatic imine (C=N–C) groups is 1. The van der Waals surface area contributed by atoms with Crippen LogP contribution in [0.1, 0.15) is 53.8 Å².